The Morgan fingerprint density at radius 3 is 2.05 bits per heavy atom. The molecule has 2 amide bonds. The van der Waals surface area contributed by atoms with Crippen LogP contribution in [-0.4, -0.2) is 11.8 Å². The van der Waals surface area contributed by atoms with Crippen molar-refractivity contribution in [1.29, 1.82) is 0 Å². The molecule has 0 unspecified atom stereocenters. The fourth-order valence-corrected chi connectivity index (χ4v) is 4.34. The highest BCUT2D eigenvalue weighted by atomic mass is 35.5. The van der Waals surface area contributed by atoms with E-state index in [1.165, 1.54) is 4.90 Å². The molecule has 4 aliphatic rings. The number of rotatable bonds is 1. The third-order valence-corrected chi connectivity index (χ3v) is 5.46. The molecular weight excluding hydrogens is 309 g/mol. The third kappa shape index (κ3) is 1.80. The maximum Gasteiger partial charge on any atom is 0.238 e. The van der Waals surface area contributed by atoms with Crippen molar-refractivity contribution in [3.8, 4) is 0 Å². The molecule has 4 atom stereocenters. The van der Waals surface area contributed by atoms with Crippen LogP contribution in [0.5, 0.6) is 0 Å². The van der Waals surface area contributed by atoms with E-state index >= 15 is 0 Å². The van der Waals surface area contributed by atoms with Crippen LogP contribution in [0.4, 0.5) is 5.69 Å². The van der Waals surface area contributed by atoms with Gasteiger partial charge in [-0.1, -0.05) is 35.4 Å². The van der Waals surface area contributed by atoms with Crippen LogP contribution in [0.3, 0.4) is 0 Å². The largest absolute Gasteiger partial charge is 0.274 e. The van der Waals surface area contributed by atoms with Crippen molar-refractivity contribution in [2.24, 2.45) is 23.7 Å². The molecule has 108 valence electrons. The van der Waals surface area contributed by atoms with E-state index < -0.39 is 0 Å². The normalized spacial score (nSPS) is 33.7. The first kappa shape index (κ1) is 13.4. The van der Waals surface area contributed by atoms with E-state index in [0.29, 0.717) is 15.7 Å². The van der Waals surface area contributed by atoms with Gasteiger partial charge in [-0.25, -0.2) is 4.90 Å². The second-order valence-electron chi connectivity index (χ2n) is 5.95. The topological polar surface area (TPSA) is 37.4 Å². The molecule has 0 N–H and O–H groups in total. The number of nitrogens with zero attached hydrogens (tertiary/aromatic N) is 1. The number of hydrogen-bond acceptors (Lipinski definition) is 2. The number of allylic oxidation sites excluding steroid dienone is 2. The Labute approximate surface area is 132 Å². The van der Waals surface area contributed by atoms with Gasteiger partial charge >= 0.3 is 0 Å². The molecule has 3 aliphatic carbocycles. The summed E-state index contributed by atoms with van der Waals surface area (Å²) < 4.78 is 0. The molecule has 1 aliphatic heterocycles. The minimum absolute atomic E-state index is 0.131. The molecule has 0 spiro atoms. The number of anilines is 1. The minimum Gasteiger partial charge on any atom is -0.274 e. The van der Waals surface area contributed by atoms with E-state index in [0.717, 1.165) is 12.8 Å². The van der Waals surface area contributed by atoms with Crippen LogP contribution < -0.4 is 4.90 Å². The zero-order valence-electron chi connectivity index (χ0n) is 11.1. The predicted octanol–water partition coefficient (Wildman–Crippen LogP) is 3.70. The average Bonchev–Trinajstić information content (AvgIpc) is 2.77. The maximum atomic E-state index is 12.8. The van der Waals surface area contributed by atoms with Crippen molar-refractivity contribution in [2.75, 3.05) is 4.90 Å². The Balaban J connectivity index is 1.80. The lowest BCUT2D eigenvalue weighted by molar-refractivity contribution is -0.124. The SMILES string of the molecule is O=C1[C@@H]2[C@H](C(=O)N1c1cc(Cl)ccc1Cl)[C@@H]1C=C[C@@H]2CC1. The third-order valence-electron chi connectivity index (χ3n) is 4.91. The molecule has 5 rings (SSSR count). The molecule has 3 nitrogen and oxygen atoms in total. The van der Waals surface area contributed by atoms with E-state index in [4.69, 9.17) is 23.2 Å². The van der Waals surface area contributed by atoms with Crippen LogP contribution in [-0.2, 0) is 9.59 Å². The van der Waals surface area contributed by atoms with Gasteiger partial charge in [0.05, 0.1) is 22.5 Å². The summed E-state index contributed by atoms with van der Waals surface area (Å²) in [6.45, 7) is 0. The van der Waals surface area contributed by atoms with E-state index in [-0.39, 0.29) is 35.5 Å². The average molecular weight is 322 g/mol. The number of halogens is 2. The van der Waals surface area contributed by atoms with Gasteiger partial charge in [0.2, 0.25) is 11.8 Å². The van der Waals surface area contributed by atoms with Gasteiger partial charge < -0.3 is 0 Å². The van der Waals surface area contributed by atoms with Crippen LogP contribution >= 0.6 is 23.2 Å². The summed E-state index contributed by atoms with van der Waals surface area (Å²) in [5, 5.41) is 0.839. The first-order chi connectivity index (χ1) is 10.1. The van der Waals surface area contributed by atoms with Crippen molar-refractivity contribution in [3.63, 3.8) is 0 Å². The number of amides is 2. The molecule has 1 aromatic rings. The van der Waals surface area contributed by atoms with Gasteiger partial charge in [-0.3, -0.25) is 9.59 Å². The van der Waals surface area contributed by atoms with Gasteiger partial charge in [-0.05, 0) is 42.9 Å². The van der Waals surface area contributed by atoms with Crippen molar-refractivity contribution in [3.05, 3.63) is 40.4 Å². The second-order valence-corrected chi connectivity index (χ2v) is 6.79. The highest BCUT2D eigenvalue weighted by Crippen LogP contribution is 2.51. The smallest absolute Gasteiger partial charge is 0.238 e. The van der Waals surface area contributed by atoms with Crippen molar-refractivity contribution < 1.29 is 9.59 Å². The standard InChI is InChI=1S/C16H13Cl2NO2/c17-10-5-6-11(18)12(7-10)19-15(20)13-8-1-2-9(4-3-8)14(13)16(19)21/h1-2,5-9,13-14H,3-4H2/t8-,9-,13-,14+/m1/s1. The van der Waals surface area contributed by atoms with E-state index in [1.54, 1.807) is 18.2 Å². The molecule has 1 saturated heterocycles. The number of carbonyl (C=O) groups excluding carboxylic acids is 2. The lowest BCUT2D eigenvalue weighted by Gasteiger charge is -2.38. The van der Waals surface area contributed by atoms with Gasteiger partial charge in [0.15, 0.2) is 0 Å². The summed E-state index contributed by atoms with van der Waals surface area (Å²) in [5.74, 6) is -0.354. The fraction of sp³-hybridized carbons (Fsp3) is 0.375. The minimum atomic E-state index is -0.226. The zero-order chi connectivity index (χ0) is 14.7. The molecule has 2 bridgehead atoms. The van der Waals surface area contributed by atoms with Crippen molar-refractivity contribution >= 4 is 40.7 Å². The lowest BCUT2D eigenvalue weighted by atomic mass is 9.63. The van der Waals surface area contributed by atoms with Crippen LogP contribution in [0.1, 0.15) is 12.8 Å². The summed E-state index contributed by atoms with van der Waals surface area (Å²) in [4.78, 5) is 26.8. The molecule has 1 saturated carbocycles. The number of fused-ring (bicyclic) bond motifs is 1. The van der Waals surface area contributed by atoms with Crippen LogP contribution in [0.15, 0.2) is 30.4 Å². The van der Waals surface area contributed by atoms with Gasteiger partial charge in [0.25, 0.3) is 0 Å². The molecule has 0 radical (unpaired) electrons. The Kier molecular flexibility index (Phi) is 2.92. The Hall–Kier alpha value is -1.32. The quantitative estimate of drug-likeness (QED) is 0.584. The van der Waals surface area contributed by atoms with Crippen molar-refractivity contribution in [2.45, 2.75) is 12.8 Å². The van der Waals surface area contributed by atoms with E-state index in [9.17, 15) is 9.59 Å². The molecule has 21 heavy (non-hydrogen) atoms. The molecule has 2 fully saturated rings. The van der Waals surface area contributed by atoms with Crippen LogP contribution in [0.2, 0.25) is 10.0 Å². The zero-order valence-corrected chi connectivity index (χ0v) is 12.6. The molecule has 0 aromatic heterocycles. The maximum absolute atomic E-state index is 12.8. The molecule has 1 heterocycles. The fourth-order valence-electron chi connectivity index (χ4n) is 3.97. The molecular formula is C16H13Cl2NO2. The summed E-state index contributed by atoms with van der Waals surface area (Å²) in [6.07, 6.45) is 6.17. The Bertz CT molecular complexity index is 653. The second kappa shape index (κ2) is 4.59. The van der Waals surface area contributed by atoms with Gasteiger partial charge in [0.1, 0.15) is 0 Å². The van der Waals surface area contributed by atoms with Gasteiger partial charge in [-0.2, -0.15) is 0 Å². The summed E-state index contributed by atoms with van der Waals surface area (Å²) in [6, 6.07) is 4.86. The number of benzene rings is 1. The highest BCUT2D eigenvalue weighted by molar-refractivity contribution is 6.37. The summed E-state index contributed by atoms with van der Waals surface area (Å²) in [7, 11) is 0. The number of imide groups is 1. The monoisotopic (exact) mass is 321 g/mol. The lowest BCUT2D eigenvalue weighted by Crippen LogP contribution is -2.38. The van der Waals surface area contributed by atoms with Gasteiger partial charge in [0, 0.05) is 5.02 Å². The molecule has 5 heteroatoms. The van der Waals surface area contributed by atoms with Crippen molar-refractivity contribution in [1.82, 2.24) is 0 Å². The number of hydrogen-bond donors (Lipinski definition) is 0. The van der Waals surface area contributed by atoms with Crippen LogP contribution in [0.25, 0.3) is 0 Å². The number of carbonyl (C=O) groups is 2. The van der Waals surface area contributed by atoms with Gasteiger partial charge in [-0.15, -0.1) is 0 Å². The van der Waals surface area contributed by atoms with E-state index in [1.807, 2.05) is 0 Å². The molecule has 1 aromatic carbocycles. The van der Waals surface area contributed by atoms with Crippen LogP contribution in [0, 0.1) is 23.7 Å². The Morgan fingerprint density at radius 1 is 0.952 bits per heavy atom. The highest BCUT2D eigenvalue weighted by Gasteiger charge is 2.57. The first-order valence-corrected chi connectivity index (χ1v) is 7.84. The first-order valence-electron chi connectivity index (χ1n) is 7.09. The van der Waals surface area contributed by atoms with E-state index in [2.05, 4.69) is 12.2 Å². The Morgan fingerprint density at radius 2 is 1.52 bits per heavy atom. The summed E-state index contributed by atoms with van der Waals surface area (Å²) in [5.41, 5.74) is 0.410. The predicted molar refractivity (Wildman–Crippen MR) is 81.3 cm³/mol. The summed E-state index contributed by atoms with van der Waals surface area (Å²) >= 11 is 12.2.